The van der Waals surface area contributed by atoms with Crippen molar-refractivity contribution in [1.82, 2.24) is 5.32 Å². The van der Waals surface area contributed by atoms with E-state index >= 15 is 0 Å². The predicted octanol–water partition coefficient (Wildman–Crippen LogP) is 2.94. The summed E-state index contributed by atoms with van der Waals surface area (Å²) < 4.78 is 0. The van der Waals surface area contributed by atoms with Crippen molar-refractivity contribution in [3.8, 4) is 0 Å². The summed E-state index contributed by atoms with van der Waals surface area (Å²) in [7, 11) is 0. The van der Waals surface area contributed by atoms with Crippen LogP contribution >= 0.6 is 0 Å². The molecule has 2 heteroatoms. The Balaban J connectivity index is 2.31. The Hall–Kier alpha value is -1.67. The maximum absolute atomic E-state index is 11.9. The Morgan fingerprint density at radius 1 is 1.12 bits per heavy atom. The highest BCUT2D eigenvalue weighted by Crippen LogP contribution is 2.17. The number of Topliss-reactive ketones (excluding diaryl/α,β-unsaturated/α-hetero) is 1. The molecule has 0 aromatic heterocycles. The van der Waals surface area contributed by atoms with Gasteiger partial charge < -0.3 is 5.32 Å². The van der Waals surface area contributed by atoms with E-state index in [0.29, 0.717) is 6.54 Å². The molecule has 0 aliphatic rings. The van der Waals surface area contributed by atoms with Gasteiger partial charge in [-0.2, -0.15) is 0 Å². The molecule has 0 saturated carbocycles. The van der Waals surface area contributed by atoms with Crippen molar-refractivity contribution in [3.05, 3.63) is 47.5 Å². The van der Waals surface area contributed by atoms with Crippen molar-refractivity contribution >= 4 is 16.6 Å². The Morgan fingerprint density at radius 2 is 1.82 bits per heavy atom. The third kappa shape index (κ3) is 2.71. The van der Waals surface area contributed by atoms with Crippen molar-refractivity contribution in [3.63, 3.8) is 0 Å². The van der Waals surface area contributed by atoms with Gasteiger partial charge >= 0.3 is 0 Å². The smallest absolute Gasteiger partial charge is 0.176 e. The summed E-state index contributed by atoms with van der Waals surface area (Å²) in [6.45, 7) is 5.30. The van der Waals surface area contributed by atoms with Gasteiger partial charge in [-0.1, -0.05) is 42.8 Å². The lowest BCUT2D eigenvalue weighted by molar-refractivity contribution is 0.0992. The number of likely N-dealkylation sites (N-methyl/N-ethyl adjacent to an activating group) is 1. The molecule has 0 saturated heterocycles. The van der Waals surface area contributed by atoms with E-state index in [2.05, 4.69) is 30.4 Å². The molecule has 0 heterocycles. The van der Waals surface area contributed by atoms with Crippen LogP contribution in [-0.2, 0) is 0 Å². The number of ketones is 1. The third-order valence-corrected chi connectivity index (χ3v) is 2.85. The molecule has 0 aliphatic carbocycles. The molecule has 17 heavy (non-hydrogen) atoms. The number of rotatable bonds is 4. The minimum Gasteiger partial charge on any atom is -0.310 e. The molecule has 2 aromatic rings. The van der Waals surface area contributed by atoms with Gasteiger partial charge in [0, 0.05) is 5.56 Å². The highest BCUT2D eigenvalue weighted by Gasteiger charge is 2.05. The van der Waals surface area contributed by atoms with Crippen LogP contribution in [0.25, 0.3) is 10.8 Å². The Kier molecular flexibility index (Phi) is 3.55. The molecular weight excluding hydrogens is 210 g/mol. The van der Waals surface area contributed by atoms with Gasteiger partial charge in [-0.05, 0) is 30.3 Å². The number of nitrogens with one attached hydrogen (secondary N) is 1. The quantitative estimate of drug-likeness (QED) is 0.814. The van der Waals surface area contributed by atoms with Crippen LogP contribution in [0.4, 0.5) is 0 Å². The standard InChI is InChI=1S/C15H17NO/c1-3-16-10-15(17)14-7-6-12-8-11(2)4-5-13(12)9-14/h4-9,16H,3,10H2,1-2H3. The minimum atomic E-state index is 0.148. The molecule has 2 rings (SSSR count). The molecule has 0 radical (unpaired) electrons. The molecule has 2 nitrogen and oxygen atoms in total. The SMILES string of the molecule is CCNCC(=O)c1ccc2cc(C)ccc2c1. The number of carbonyl (C=O) groups excluding carboxylic acids is 1. The summed E-state index contributed by atoms with van der Waals surface area (Å²) in [6.07, 6.45) is 0. The lowest BCUT2D eigenvalue weighted by Crippen LogP contribution is -2.22. The van der Waals surface area contributed by atoms with E-state index in [1.54, 1.807) is 0 Å². The van der Waals surface area contributed by atoms with Crippen LogP contribution < -0.4 is 5.32 Å². The van der Waals surface area contributed by atoms with Crippen LogP contribution in [0.1, 0.15) is 22.8 Å². The van der Waals surface area contributed by atoms with Crippen LogP contribution in [0.3, 0.4) is 0 Å². The second-order valence-electron chi connectivity index (χ2n) is 4.27. The monoisotopic (exact) mass is 227 g/mol. The number of fused-ring (bicyclic) bond motifs is 1. The van der Waals surface area contributed by atoms with Crippen LogP contribution in [0.5, 0.6) is 0 Å². The van der Waals surface area contributed by atoms with Crippen LogP contribution in [0.15, 0.2) is 36.4 Å². The lowest BCUT2D eigenvalue weighted by Gasteiger charge is -2.04. The zero-order valence-corrected chi connectivity index (χ0v) is 10.3. The van der Waals surface area contributed by atoms with E-state index in [1.165, 1.54) is 10.9 Å². The molecule has 1 N–H and O–H groups in total. The number of hydrogen-bond donors (Lipinski definition) is 1. The minimum absolute atomic E-state index is 0.148. The second-order valence-corrected chi connectivity index (χ2v) is 4.27. The van der Waals surface area contributed by atoms with Gasteiger partial charge in [0.05, 0.1) is 6.54 Å². The highest BCUT2D eigenvalue weighted by atomic mass is 16.1. The number of hydrogen-bond acceptors (Lipinski definition) is 2. The maximum atomic E-state index is 11.9. The van der Waals surface area contributed by atoms with E-state index in [0.717, 1.165) is 17.5 Å². The van der Waals surface area contributed by atoms with Crippen LogP contribution in [0, 0.1) is 6.92 Å². The van der Waals surface area contributed by atoms with Crippen molar-refractivity contribution in [2.24, 2.45) is 0 Å². The molecule has 0 bridgehead atoms. The largest absolute Gasteiger partial charge is 0.310 e. The fraction of sp³-hybridized carbons (Fsp3) is 0.267. The van der Waals surface area contributed by atoms with Gasteiger partial charge in [-0.3, -0.25) is 4.79 Å². The number of benzene rings is 2. The van der Waals surface area contributed by atoms with Crippen molar-refractivity contribution in [2.45, 2.75) is 13.8 Å². The first kappa shape index (κ1) is 11.8. The summed E-state index contributed by atoms with van der Waals surface area (Å²) in [5.41, 5.74) is 2.02. The van der Waals surface area contributed by atoms with Gasteiger partial charge in [0.2, 0.25) is 0 Å². The van der Waals surface area contributed by atoms with E-state index in [1.807, 2.05) is 25.1 Å². The zero-order chi connectivity index (χ0) is 12.3. The lowest BCUT2D eigenvalue weighted by atomic mass is 10.0. The highest BCUT2D eigenvalue weighted by molar-refractivity contribution is 6.01. The van der Waals surface area contributed by atoms with E-state index in [9.17, 15) is 4.79 Å². The molecule has 0 aliphatic heterocycles. The molecule has 0 fully saturated rings. The zero-order valence-electron chi connectivity index (χ0n) is 10.3. The maximum Gasteiger partial charge on any atom is 0.176 e. The fourth-order valence-corrected chi connectivity index (χ4v) is 1.88. The Labute approximate surface area is 102 Å². The van der Waals surface area contributed by atoms with Crippen molar-refractivity contribution in [1.29, 1.82) is 0 Å². The Bertz CT molecular complexity index is 546. The molecule has 0 spiro atoms. The van der Waals surface area contributed by atoms with Gasteiger partial charge in [0.15, 0.2) is 5.78 Å². The van der Waals surface area contributed by atoms with Crippen molar-refractivity contribution in [2.75, 3.05) is 13.1 Å². The van der Waals surface area contributed by atoms with E-state index in [4.69, 9.17) is 0 Å². The predicted molar refractivity (Wildman–Crippen MR) is 71.6 cm³/mol. The number of aryl methyl sites for hydroxylation is 1. The fourth-order valence-electron chi connectivity index (χ4n) is 1.88. The number of carbonyl (C=O) groups is 1. The third-order valence-electron chi connectivity index (χ3n) is 2.85. The topological polar surface area (TPSA) is 29.1 Å². The molecule has 0 unspecified atom stereocenters. The normalized spacial score (nSPS) is 10.7. The molecule has 88 valence electrons. The summed E-state index contributed by atoms with van der Waals surface area (Å²) in [5, 5.41) is 5.36. The molecule has 0 atom stereocenters. The summed E-state index contributed by atoms with van der Waals surface area (Å²) >= 11 is 0. The van der Waals surface area contributed by atoms with E-state index in [-0.39, 0.29) is 5.78 Å². The molecular formula is C15H17NO. The van der Waals surface area contributed by atoms with E-state index < -0.39 is 0 Å². The van der Waals surface area contributed by atoms with Gasteiger partial charge in [0.25, 0.3) is 0 Å². The average molecular weight is 227 g/mol. The Morgan fingerprint density at radius 3 is 2.59 bits per heavy atom. The first-order valence-electron chi connectivity index (χ1n) is 5.95. The van der Waals surface area contributed by atoms with Crippen LogP contribution in [0.2, 0.25) is 0 Å². The first-order chi connectivity index (χ1) is 8.20. The first-order valence-corrected chi connectivity index (χ1v) is 5.95. The molecule has 0 amide bonds. The van der Waals surface area contributed by atoms with Crippen LogP contribution in [-0.4, -0.2) is 18.9 Å². The average Bonchev–Trinajstić information content (AvgIpc) is 2.35. The second kappa shape index (κ2) is 5.11. The van der Waals surface area contributed by atoms with Crippen molar-refractivity contribution < 1.29 is 4.79 Å². The van der Waals surface area contributed by atoms with Gasteiger partial charge in [-0.15, -0.1) is 0 Å². The van der Waals surface area contributed by atoms with Gasteiger partial charge in [-0.25, -0.2) is 0 Å². The summed E-state index contributed by atoms with van der Waals surface area (Å²) in [4.78, 5) is 11.9. The summed E-state index contributed by atoms with van der Waals surface area (Å²) in [5.74, 6) is 0.148. The van der Waals surface area contributed by atoms with Gasteiger partial charge in [0.1, 0.15) is 0 Å². The summed E-state index contributed by atoms with van der Waals surface area (Å²) in [6, 6.07) is 12.2. The molecule has 2 aromatic carbocycles.